The topological polar surface area (TPSA) is 146 Å². The number of Topliss-reactive ketones (excluding diaryl/α,β-unsaturated/α-hetero) is 1. The Morgan fingerprint density at radius 3 is 2.38 bits per heavy atom. The molecule has 12 bridgehead atoms. The first-order valence-corrected chi connectivity index (χ1v) is 20.2. The van der Waals surface area contributed by atoms with Crippen LogP contribution in [0, 0.1) is 11.8 Å². The van der Waals surface area contributed by atoms with Crippen molar-refractivity contribution in [3.8, 4) is 0 Å². The Kier molecular flexibility index (Phi) is 10.0. The first kappa shape index (κ1) is 36.4. The Morgan fingerprint density at radius 2 is 1.56 bits per heavy atom. The van der Waals surface area contributed by atoms with Gasteiger partial charge in [0, 0.05) is 58.1 Å². The Hall–Kier alpha value is -1.29. The van der Waals surface area contributed by atoms with Crippen LogP contribution in [0.5, 0.6) is 0 Å². The maximum absolute atomic E-state index is 14.1. The molecule has 19 atom stereocenters. The average molecular weight is 730 g/mol. The highest BCUT2D eigenvalue weighted by Gasteiger charge is 2.68. The Bertz CT molecular complexity index is 1380. The van der Waals surface area contributed by atoms with Gasteiger partial charge in [-0.3, -0.25) is 4.79 Å². The van der Waals surface area contributed by atoms with E-state index in [2.05, 4.69) is 20.1 Å². The lowest BCUT2D eigenvalue weighted by Gasteiger charge is -2.47. The number of aliphatic hydroxyl groups excluding tert-OH is 1. The van der Waals surface area contributed by atoms with Gasteiger partial charge in [0.1, 0.15) is 36.3 Å². The molecule has 3 N–H and O–H groups in total. The summed E-state index contributed by atoms with van der Waals surface area (Å²) >= 11 is 0. The number of rotatable bonds is 4. The van der Waals surface area contributed by atoms with Gasteiger partial charge < -0.3 is 53.5 Å². The number of ketones is 1. The number of fused-ring (bicyclic) bond motifs is 6. The van der Waals surface area contributed by atoms with E-state index in [1.54, 1.807) is 7.11 Å². The largest absolute Gasteiger partial charge is 0.392 e. The van der Waals surface area contributed by atoms with Crippen molar-refractivity contribution in [1.82, 2.24) is 0 Å². The van der Waals surface area contributed by atoms with Gasteiger partial charge in [0.2, 0.25) is 0 Å². The highest BCUT2D eigenvalue weighted by Crippen LogP contribution is 2.54. The first-order chi connectivity index (χ1) is 25.1. The number of ether oxygens (including phenoxy) is 9. The molecule has 0 aromatic heterocycles. The second kappa shape index (κ2) is 14.3. The fourth-order valence-corrected chi connectivity index (χ4v) is 11.3. The number of carbonyl (C=O) groups is 1. The summed E-state index contributed by atoms with van der Waals surface area (Å²) in [7, 11) is 1.66. The number of hydrogen-bond acceptors (Lipinski definition) is 12. The maximum Gasteiger partial charge on any atom is 0.172 e. The lowest BCUT2D eigenvalue weighted by Crippen LogP contribution is -2.61. The van der Waals surface area contributed by atoms with E-state index in [1.165, 1.54) is 0 Å². The van der Waals surface area contributed by atoms with E-state index >= 15 is 0 Å². The van der Waals surface area contributed by atoms with E-state index in [0.717, 1.165) is 56.1 Å². The second-order valence-corrected chi connectivity index (χ2v) is 17.4. The molecule has 0 aliphatic carbocycles. The minimum atomic E-state index is -0.780. The molecule has 0 aromatic rings. The van der Waals surface area contributed by atoms with Crippen LogP contribution in [0.1, 0.15) is 90.4 Å². The predicted octanol–water partition coefficient (Wildman–Crippen LogP) is 3.44. The van der Waals surface area contributed by atoms with Crippen LogP contribution in [-0.4, -0.2) is 128 Å². The standard InChI is InChI=1S/C40H59NO11/c1-19-11-24-5-7-28-20(2)12-26(45-28)9-10-40-17-33-36(51-40)37-38(50-33)39(52-40)35-29(49-37)8-6-25(47-35)13-22(42)14-27-31(16-30(46-24)21(19)3)48-32(34(27)44-4)15-23(43)18-41/h19,23-39,43H,2-3,5-18,41H2,1,4H3/t19-,23?,24+,25?,26?,27?,28?,29?,30?,31?,32?,33-,34-,35+,36?,37+,38?,39?,40+/m1/s1. The number of carbonyl (C=O) groups excluding carboxylic acids is 1. The van der Waals surface area contributed by atoms with Gasteiger partial charge in [-0.25, -0.2) is 0 Å². The first-order valence-electron chi connectivity index (χ1n) is 20.2. The molecule has 0 radical (unpaired) electrons. The number of methoxy groups -OCH3 is 1. The van der Waals surface area contributed by atoms with Crippen LogP contribution in [0.25, 0.3) is 0 Å². The molecule has 10 rings (SSSR count). The quantitative estimate of drug-likeness (QED) is 0.409. The van der Waals surface area contributed by atoms with Crippen molar-refractivity contribution in [3.05, 3.63) is 24.3 Å². The van der Waals surface area contributed by atoms with E-state index < -0.39 is 18.0 Å². The van der Waals surface area contributed by atoms with E-state index in [0.29, 0.717) is 25.7 Å². The third kappa shape index (κ3) is 6.59. The zero-order valence-electron chi connectivity index (χ0n) is 30.8. The predicted molar refractivity (Wildman–Crippen MR) is 186 cm³/mol. The third-order valence-electron chi connectivity index (χ3n) is 14.0. The molecule has 10 aliphatic rings. The molecule has 290 valence electrons. The van der Waals surface area contributed by atoms with Crippen molar-refractivity contribution < 1.29 is 52.5 Å². The number of nitrogens with two attached hydrogens (primary N) is 1. The summed E-state index contributed by atoms with van der Waals surface area (Å²) in [6.45, 7) is 11.3. The fraction of sp³-hybridized carbons (Fsp3) is 0.875. The third-order valence-corrected chi connectivity index (χ3v) is 14.0. The summed E-state index contributed by atoms with van der Waals surface area (Å²) < 4.78 is 60.0. The highest BCUT2D eigenvalue weighted by molar-refractivity contribution is 5.79. The van der Waals surface area contributed by atoms with Crippen molar-refractivity contribution in [2.24, 2.45) is 17.6 Å². The van der Waals surface area contributed by atoms with Gasteiger partial charge in [-0.2, -0.15) is 0 Å². The highest BCUT2D eigenvalue weighted by atomic mass is 16.8. The van der Waals surface area contributed by atoms with Crippen LogP contribution in [0.4, 0.5) is 0 Å². The van der Waals surface area contributed by atoms with Gasteiger partial charge in [-0.05, 0) is 62.0 Å². The van der Waals surface area contributed by atoms with Crippen LogP contribution in [0.3, 0.4) is 0 Å². The summed E-state index contributed by atoms with van der Waals surface area (Å²) in [4.78, 5) is 14.1. The number of aliphatic hydroxyl groups is 1. The summed E-state index contributed by atoms with van der Waals surface area (Å²) in [5, 5.41) is 10.5. The molecule has 10 fully saturated rings. The molecule has 12 unspecified atom stereocenters. The zero-order valence-corrected chi connectivity index (χ0v) is 30.8. The SMILES string of the molecule is C=C1CC2CC[C@@]34C[C@H]5OC6C(O3)[C@H]3OC(CCC3O[C@H]6C5O4)CC(=O)CC3C(CC4O[C@@H](CCC1O2)C[C@@H](C)C4=C)OC(CC(O)CN)[C@@H]3OC. The molecule has 1 spiro atoms. The minimum Gasteiger partial charge on any atom is -0.392 e. The molecule has 12 heteroatoms. The fourth-order valence-electron chi connectivity index (χ4n) is 11.3. The molecular weight excluding hydrogens is 670 g/mol. The van der Waals surface area contributed by atoms with Gasteiger partial charge >= 0.3 is 0 Å². The molecule has 10 heterocycles. The lowest BCUT2D eigenvalue weighted by atomic mass is 9.81. The van der Waals surface area contributed by atoms with Crippen molar-refractivity contribution in [2.75, 3.05) is 13.7 Å². The Labute approximate surface area is 307 Å². The van der Waals surface area contributed by atoms with E-state index in [1.807, 2.05) is 0 Å². The van der Waals surface area contributed by atoms with Crippen molar-refractivity contribution >= 4 is 5.78 Å². The van der Waals surface area contributed by atoms with Crippen LogP contribution < -0.4 is 5.73 Å². The molecule has 10 aliphatic heterocycles. The molecule has 0 aromatic carbocycles. The molecule has 52 heavy (non-hydrogen) atoms. The van der Waals surface area contributed by atoms with Crippen LogP contribution in [0.2, 0.25) is 0 Å². The summed E-state index contributed by atoms with van der Waals surface area (Å²) in [6, 6.07) is 0. The molecule has 0 amide bonds. The van der Waals surface area contributed by atoms with Gasteiger partial charge in [0.25, 0.3) is 0 Å². The molecule has 0 saturated carbocycles. The summed E-state index contributed by atoms with van der Waals surface area (Å²) in [5.41, 5.74) is 8.01. The average Bonchev–Trinajstić information content (AvgIpc) is 3.79. The summed E-state index contributed by atoms with van der Waals surface area (Å²) in [6.07, 6.45) is 4.85. The van der Waals surface area contributed by atoms with Gasteiger partial charge in [0.05, 0.1) is 67.1 Å². The van der Waals surface area contributed by atoms with Crippen molar-refractivity contribution in [2.45, 2.75) is 194 Å². The second-order valence-electron chi connectivity index (χ2n) is 17.4. The van der Waals surface area contributed by atoms with Crippen molar-refractivity contribution in [3.63, 3.8) is 0 Å². The monoisotopic (exact) mass is 729 g/mol. The number of hydrogen-bond donors (Lipinski definition) is 2. The normalized spacial score (nSPS) is 52.4. The van der Waals surface area contributed by atoms with Crippen molar-refractivity contribution in [1.29, 1.82) is 0 Å². The summed E-state index contributed by atoms with van der Waals surface area (Å²) in [5.74, 6) is -0.619. The van der Waals surface area contributed by atoms with Gasteiger partial charge in [-0.15, -0.1) is 0 Å². The molecular formula is C40H59NO11. The smallest absolute Gasteiger partial charge is 0.172 e. The lowest BCUT2D eigenvalue weighted by molar-refractivity contribution is -0.292. The van der Waals surface area contributed by atoms with E-state index in [9.17, 15) is 9.90 Å². The van der Waals surface area contributed by atoms with Gasteiger partial charge in [0.15, 0.2) is 5.79 Å². The zero-order chi connectivity index (χ0) is 35.9. The van der Waals surface area contributed by atoms with Crippen LogP contribution >= 0.6 is 0 Å². The van der Waals surface area contributed by atoms with E-state index in [4.69, 9.17) is 48.4 Å². The van der Waals surface area contributed by atoms with Crippen LogP contribution in [0.15, 0.2) is 24.3 Å². The minimum absolute atomic E-state index is 0.0158. The molecule has 12 nitrogen and oxygen atoms in total. The van der Waals surface area contributed by atoms with Crippen LogP contribution in [-0.2, 0) is 47.4 Å². The molecule has 10 saturated heterocycles. The van der Waals surface area contributed by atoms with Gasteiger partial charge in [-0.1, -0.05) is 20.1 Å². The Balaban J connectivity index is 0.994. The van der Waals surface area contributed by atoms with E-state index in [-0.39, 0.29) is 122 Å². The maximum atomic E-state index is 14.1. The Morgan fingerprint density at radius 1 is 0.808 bits per heavy atom.